The molecule has 0 aromatic heterocycles. The Hall–Kier alpha value is -1.40. The van der Waals surface area contributed by atoms with Crippen LogP contribution >= 0.6 is 0 Å². The van der Waals surface area contributed by atoms with Crippen LogP contribution in [0, 0.1) is 0 Å². The molecule has 0 saturated carbocycles. The van der Waals surface area contributed by atoms with E-state index in [4.69, 9.17) is 4.74 Å². The predicted molar refractivity (Wildman–Crippen MR) is 80.1 cm³/mol. The zero-order valence-corrected chi connectivity index (χ0v) is 13.2. The fourth-order valence-corrected chi connectivity index (χ4v) is 3.55. The Labute approximate surface area is 125 Å². The second-order valence-electron chi connectivity index (χ2n) is 5.21. The van der Waals surface area contributed by atoms with Crippen LogP contribution in [-0.4, -0.2) is 38.8 Å². The smallest absolute Gasteiger partial charge is 0.252 e. The van der Waals surface area contributed by atoms with E-state index < -0.39 is 9.84 Å². The van der Waals surface area contributed by atoms with E-state index in [0.717, 1.165) is 12.8 Å². The summed E-state index contributed by atoms with van der Waals surface area (Å²) in [4.78, 5) is 12.5. The van der Waals surface area contributed by atoms with Gasteiger partial charge in [-0.3, -0.25) is 4.79 Å². The highest BCUT2D eigenvalue weighted by molar-refractivity contribution is 7.91. The second kappa shape index (κ2) is 6.58. The van der Waals surface area contributed by atoms with Gasteiger partial charge in [-0.1, -0.05) is 19.1 Å². The molecular formula is C15H21NO4S. The van der Waals surface area contributed by atoms with Crippen molar-refractivity contribution in [1.29, 1.82) is 0 Å². The number of nitrogens with one attached hydrogen (secondary N) is 1. The summed E-state index contributed by atoms with van der Waals surface area (Å²) < 4.78 is 29.7. The van der Waals surface area contributed by atoms with Crippen molar-refractivity contribution in [3.63, 3.8) is 0 Å². The van der Waals surface area contributed by atoms with Gasteiger partial charge in [-0.2, -0.15) is 0 Å². The number of sulfone groups is 1. The number of hydrogen-bond donors (Lipinski definition) is 1. The van der Waals surface area contributed by atoms with Crippen molar-refractivity contribution in [2.24, 2.45) is 0 Å². The van der Waals surface area contributed by atoms with E-state index in [1.165, 1.54) is 6.07 Å². The molecule has 2 atom stereocenters. The number of rotatable bonds is 5. The Bertz CT molecular complexity index is 606. The summed E-state index contributed by atoms with van der Waals surface area (Å²) in [5.74, 6) is -0.399. The lowest BCUT2D eigenvalue weighted by molar-refractivity contribution is 0.0710. The van der Waals surface area contributed by atoms with Crippen molar-refractivity contribution in [2.45, 2.75) is 43.7 Å². The molecule has 1 aromatic carbocycles. The normalized spacial score (nSPS) is 20.2. The van der Waals surface area contributed by atoms with E-state index in [9.17, 15) is 13.2 Å². The van der Waals surface area contributed by atoms with Crippen LogP contribution in [-0.2, 0) is 14.6 Å². The molecule has 1 aromatic rings. The summed E-state index contributed by atoms with van der Waals surface area (Å²) in [6, 6.07) is 6.17. The number of ether oxygens (including phenoxy) is 1. The van der Waals surface area contributed by atoms with Gasteiger partial charge in [0.2, 0.25) is 0 Å². The fourth-order valence-electron chi connectivity index (χ4n) is 2.46. The fraction of sp³-hybridized carbons (Fsp3) is 0.533. The average Bonchev–Trinajstić information content (AvgIpc) is 3.01. The van der Waals surface area contributed by atoms with Crippen LogP contribution in [0.5, 0.6) is 0 Å². The zero-order valence-electron chi connectivity index (χ0n) is 12.3. The van der Waals surface area contributed by atoms with Gasteiger partial charge < -0.3 is 10.1 Å². The van der Waals surface area contributed by atoms with E-state index in [1.807, 2.05) is 6.92 Å². The van der Waals surface area contributed by atoms with E-state index in [1.54, 1.807) is 25.1 Å². The molecule has 1 fully saturated rings. The van der Waals surface area contributed by atoms with Crippen molar-refractivity contribution in [1.82, 2.24) is 5.32 Å². The number of carbonyl (C=O) groups excluding carboxylic acids is 1. The highest BCUT2D eigenvalue weighted by Gasteiger charge is 2.26. The van der Waals surface area contributed by atoms with Crippen molar-refractivity contribution < 1.29 is 17.9 Å². The van der Waals surface area contributed by atoms with Gasteiger partial charge in [-0.15, -0.1) is 0 Å². The highest BCUT2D eigenvalue weighted by atomic mass is 32.2. The van der Waals surface area contributed by atoms with Gasteiger partial charge in [0.15, 0.2) is 9.84 Å². The van der Waals surface area contributed by atoms with Crippen LogP contribution in [0.15, 0.2) is 29.2 Å². The van der Waals surface area contributed by atoms with Gasteiger partial charge in [-0.05, 0) is 31.9 Å². The van der Waals surface area contributed by atoms with Gasteiger partial charge in [-0.25, -0.2) is 8.42 Å². The molecule has 5 nitrogen and oxygen atoms in total. The second-order valence-corrected chi connectivity index (χ2v) is 7.46. The third-order valence-electron chi connectivity index (χ3n) is 3.73. The first kappa shape index (κ1) is 16.0. The van der Waals surface area contributed by atoms with Crippen LogP contribution in [0.4, 0.5) is 0 Å². The van der Waals surface area contributed by atoms with Gasteiger partial charge in [0.25, 0.3) is 5.91 Å². The Morgan fingerprint density at radius 3 is 2.76 bits per heavy atom. The summed E-state index contributed by atoms with van der Waals surface area (Å²) in [7, 11) is -3.42. The summed E-state index contributed by atoms with van der Waals surface area (Å²) in [5.41, 5.74) is 0.198. The molecule has 0 radical (unpaired) electrons. The molecule has 116 valence electrons. The van der Waals surface area contributed by atoms with E-state index in [0.29, 0.717) is 6.61 Å². The van der Waals surface area contributed by atoms with Crippen LogP contribution in [0.2, 0.25) is 0 Å². The van der Waals surface area contributed by atoms with Crippen LogP contribution < -0.4 is 5.32 Å². The third kappa shape index (κ3) is 3.63. The Balaban J connectivity index is 2.19. The molecule has 1 aliphatic heterocycles. The number of hydrogen-bond acceptors (Lipinski definition) is 4. The van der Waals surface area contributed by atoms with Crippen LogP contribution in [0.25, 0.3) is 0 Å². The molecular weight excluding hydrogens is 290 g/mol. The minimum Gasteiger partial charge on any atom is -0.376 e. The number of carbonyl (C=O) groups is 1. The summed E-state index contributed by atoms with van der Waals surface area (Å²) >= 11 is 0. The highest BCUT2D eigenvalue weighted by Crippen LogP contribution is 2.19. The monoisotopic (exact) mass is 311 g/mol. The number of benzene rings is 1. The van der Waals surface area contributed by atoms with E-state index >= 15 is 0 Å². The molecule has 0 unspecified atom stereocenters. The number of amides is 1. The molecule has 0 bridgehead atoms. The summed E-state index contributed by atoms with van der Waals surface area (Å²) in [5, 5.41) is 2.85. The zero-order chi connectivity index (χ0) is 15.5. The first-order chi connectivity index (χ1) is 9.95. The minimum atomic E-state index is -3.42. The largest absolute Gasteiger partial charge is 0.376 e. The van der Waals surface area contributed by atoms with Gasteiger partial charge >= 0.3 is 0 Å². The first-order valence-electron chi connectivity index (χ1n) is 7.20. The van der Waals surface area contributed by atoms with E-state index in [-0.39, 0.29) is 34.3 Å². The lowest BCUT2D eigenvalue weighted by Crippen LogP contribution is -2.41. The lowest BCUT2D eigenvalue weighted by Gasteiger charge is -2.20. The molecule has 0 aliphatic carbocycles. The third-order valence-corrected chi connectivity index (χ3v) is 5.51. The molecule has 1 aliphatic rings. The van der Waals surface area contributed by atoms with Gasteiger partial charge in [0.1, 0.15) is 0 Å². The van der Waals surface area contributed by atoms with Crippen molar-refractivity contribution in [3.8, 4) is 0 Å². The molecule has 1 saturated heterocycles. The average molecular weight is 311 g/mol. The predicted octanol–water partition coefficient (Wildman–Crippen LogP) is 1.78. The maximum absolute atomic E-state index is 12.4. The Morgan fingerprint density at radius 1 is 1.43 bits per heavy atom. The molecule has 2 rings (SSSR count). The molecule has 1 amide bonds. The topological polar surface area (TPSA) is 72.5 Å². The molecule has 1 N–H and O–H groups in total. The molecule has 0 spiro atoms. The molecule has 6 heteroatoms. The summed E-state index contributed by atoms with van der Waals surface area (Å²) in [6.07, 6.45) is 1.91. The van der Waals surface area contributed by atoms with E-state index in [2.05, 4.69) is 5.32 Å². The van der Waals surface area contributed by atoms with Crippen molar-refractivity contribution in [2.75, 3.05) is 12.4 Å². The first-order valence-corrected chi connectivity index (χ1v) is 8.85. The standard InChI is InChI=1S/C15H21NO4S/c1-3-21(18,19)14-9-5-4-7-12(14)15(17)16-11(2)13-8-6-10-20-13/h4-5,7,9,11,13H,3,6,8,10H2,1-2H3,(H,16,17)/t11-,13+/m0/s1. The van der Waals surface area contributed by atoms with Crippen molar-refractivity contribution in [3.05, 3.63) is 29.8 Å². The molecule has 1 heterocycles. The minimum absolute atomic E-state index is 0.00361. The lowest BCUT2D eigenvalue weighted by atomic mass is 10.1. The van der Waals surface area contributed by atoms with Crippen LogP contribution in [0.1, 0.15) is 37.0 Å². The Morgan fingerprint density at radius 2 is 2.14 bits per heavy atom. The van der Waals surface area contributed by atoms with Crippen LogP contribution in [0.3, 0.4) is 0 Å². The molecule has 21 heavy (non-hydrogen) atoms. The van der Waals surface area contributed by atoms with Gasteiger partial charge in [0, 0.05) is 6.61 Å². The maximum Gasteiger partial charge on any atom is 0.252 e. The quantitative estimate of drug-likeness (QED) is 0.899. The maximum atomic E-state index is 12.4. The SMILES string of the molecule is CCS(=O)(=O)c1ccccc1C(=O)N[C@@H](C)[C@H]1CCCO1. The Kier molecular flexibility index (Phi) is 5.00. The van der Waals surface area contributed by atoms with Gasteiger partial charge in [0.05, 0.1) is 28.4 Å². The van der Waals surface area contributed by atoms with Crippen molar-refractivity contribution >= 4 is 15.7 Å². The summed E-state index contributed by atoms with van der Waals surface area (Å²) in [6.45, 7) is 4.16.